The molecule has 28 heavy (non-hydrogen) atoms. The lowest BCUT2D eigenvalue weighted by atomic mass is 10.2. The van der Waals surface area contributed by atoms with E-state index >= 15 is 0 Å². The van der Waals surface area contributed by atoms with Crippen LogP contribution in [-0.4, -0.2) is 24.7 Å². The summed E-state index contributed by atoms with van der Waals surface area (Å²) in [5, 5.41) is 3.37. The summed E-state index contributed by atoms with van der Waals surface area (Å²) < 4.78 is 12.5. The van der Waals surface area contributed by atoms with Gasteiger partial charge < -0.3 is 20.5 Å². The minimum Gasteiger partial charge on any atom is -0.497 e. The van der Waals surface area contributed by atoms with Crippen molar-refractivity contribution in [2.24, 2.45) is 0 Å². The molecule has 146 valence electrons. The first kappa shape index (κ1) is 20.2. The first-order valence-corrected chi connectivity index (χ1v) is 9.81. The minimum atomic E-state index is -0.302. The molecule has 0 aliphatic carbocycles. The third-order valence-corrected chi connectivity index (χ3v) is 5.67. The first-order valence-electron chi connectivity index (χ1n) is 8.21. The lowest BCUT2D eigenvalue weighted by Gasteiger charge is -2.12. The fraction of sp³-hybridized carbons (Fsp3) is 0.158. The molecular weight excluding hydrogens is 418 g/mol. The van der Waals surface area contributed by atoms with Gasteiger partial charge in [0, 0.05) is 11.6 Å². The van der Waals surface area contributed by atoms with E-state index in [0.29, 0.717) is 31.8 Å². The van der Waals surface area contributed by atoms with E-state index in [2.05, 4.69) is 5.32 Å². The maximum atomic E-state index is 12.7. The lowest BCUT2D eigenvalue weighted by molar-refractivity contribution is 0.0955. The number of nitrogens with one attached hydrogen (secondary N) is 1. The van der Waals surface area contributed by atoms with E-state index in [-0.39, 0.29) is 11.7 Å². The van der Waals surface area contributed by atoms with Gasteiger partial charge in [0.05, 0.1) is 19.9 Å². The van der Waals surface area contributed by atoms with Crippen LogP contribution in [0.4, 0.5) is 5.82 Å². The molecule has 0 fully saturated rings. The fourth-order valence-electron chi connectivity index (χ4n) is 2.62. The molecule has 6 nitrogen and oxygen atoms in total. The second kappa shape index (κ2) is 8.64. The number of thiazole rings is 1. The molecule has 0 saturated heterocycles. The average molecular weight is 436 g/mol. The smallest absolute Gasteiger partial charge is 0.265 e. The number of rotatable bonds is 6. The van der Waals surface area contributed by atoms with Crippen LogP contribution in [0.2, 0.25) is 5.02 Å². The van der Waals surface area contributed by atoms with Crippen molar-refractivity contribution in [3.63, 3.8) is 0 Å². The van der Waals surface area contributed by atoms with Gasteiger partial charge in [-0.05, 0) is 48.1 Å². The summed E-state index contributed by atoms with van der Waals surface area (Å²) in [6.45, 7) is 0.355. The zero-order valence-electron chi connectivity index (χ0n) is 15.2. The quantitative estimate of drug-likeness (QED) is 0.559. The summed E-state index contributed by atoms with van der Waals surface area (Å²) in [5.41, 5.74) is 7.77. The Hall–Kier alpha value is -2.55. The van der Waals surface area contributed by atoms with Crippen LogP contribution in [-0.2, 0) is 6.54 Å². The number of benzene rings is 2. The van der Waals surface area contributed by atoms with Crippen molar-refractivity contribution in [3.05, 3.63) is 61.9 Å². The number of amides is 1. The highest BCUT2D eigenvalue weighted by Crippen LogP contribution is 2.33. The number of nitrogen functional groups attached to an aromatic ring is 1. The van der Waals surface area contributed by atoms with Gasteiger partial charge in [-0.2, -0.15) is 0 Å². The highest BCUT2D eigenvalue weighted by Gasteiger charge is 2.20. The van der Waals surface area contributed by atoms with Gasteiger partial charge in [-0.15, -0.1) is 0 Å². The Balaban J connectivity index is 1.86. The Morgan fingerprint density at radius 2 is 1.93 bits per heavy atom. The number of aromatic nitrogens is 1. The molecule has 0 aliphatic rings. The van der Waals surface area contributed by atoms with Gasteiger partial charge in [0.15, 0.2) is 3.95 Å². The molecule has 1 aromatic heterocycles. The van der Waals surface area contributed by atoms with E-state index in [1.54, 1.807) is 37.0 Å². The average Bonchev–Trinajstić information content (AvgIpc) is 3.00. The number of hydrogen-bond donors (Lipinski definition) is 2. The van der Waals surface area contributed by atoms with E-state index in [4.69, 9.17) is 39.0 Å². The highest BCUT2D eigenvalue weighted by atomic mass is 35.5. The summed E-state index contributed by atoms with van der Waals surface area (Å²) in [7, 11) is 3.15. The monoisotopic (exact) mass is 435 g/mol. The molecule has 1 amide bonds. The maximum Gasteiger partial charge on any atom is 0.265 e. The Bertz CT molecular complexity index is 1060. The Labute approximate surface area is 176 Å². The molecule has 3 rings (SSSR count). The Morgan fingerprint density at radius 1 is 1.21 bits per heavy atom. The molecule has 0 saturated carbocycles. The van der Waals surface area contributed by atoms with Gasteiger partial charge in [0.2, 0.25) is 0 Å². The van der Waals surface area contributed by atoms with Gasteiger partial charge in [0.25, 0.3) is 5.91 Å². The van der Waals surface area contributed by atoms with Crippen molar-refractivity contribution in [1.29, 1.82) is 0 Å². The van der Waals surface area contributed by atoms with E-state index in [1.165, 1.54) is 0 Å². The second-order valence-electron chi connectivity index (χ2n) is 5.76. The number of nitrogens with two attached hydrogens (primary N) is 1. The molecule has 0 radical (unpaired) electrons. The molecule has 0 aliphatic heterocycles. The number of carbonyl (C=O) groups is 1. The standard InChI is InChI=1S/C19H18ClN3O3S2/c1-25-13-6-3-11(4-7-13)10-22-18(24)16-17(21)23(19(27)28-16)14-9-12(20)5-8-15(14)26-2/h3-9H,10,21H2,1-2H3,(H,22,24). The number of ether oxygens (including phenoxy) is 2. The Morgan fingerprint density at radius 3 is 2.57 bits per heavy atom. The molecule has 0 atom stereocenters. The number of halogens is 1. The van der Waals surface area contributed by atoms with Crippen LogP contribution in [0, 0.1) is 3.95 Å². The van der Waals surface area contributed by atoms with Crippen molar-refractivity contribution < 1.29 is 14.3 Å². The highest BCUT2D eigenvalue weighted by molar-refractivity contribution is 7.73. The van der Waals surface area contributed by atoms with Crippen molar-refractivity contribution in [1.82, 2.24) is 9.88 Å². The summed E-state index contributed by atoms with van der Waals surface area (Å²) in [4.78, 5) is 13.0. The van der Waals surface area contributed by atoms with E-state index in [1.807, 2.05) is 24.3 Å². The van der Waals surface area contributed by atoms with Crippen LogP contribution in [0.25, 0.3) is 5.69 Å². The van der Waals surface area contributed by atoms with Crippen molar-refractivity contribution in [2.75, 3.05) is 20.0 Å². The normalized spacial score (nSPS) is 10.5. The zero-order chi connectivity index (χ0) is 20.3. The summed E-state index contributed by atoms with van der Waals surface area (Å²) >= 11 is 12.7. The molecule has 9 heteroatoms. The fourth-order valence-corrected chi connectivity index (χ4v) is 4.06. The number of nitrogens with zero attached hydrogens (tertiary/aromatic N) is 1. The third-order valence-electron chi connectivity index (χ3n) is 4.05. The van der Waals surface area contributed by atoms with Crippen LogP contribution in [0.1, 0.15) is 15.2 Å². The molecular formula is C19H18ClN3O3S2. The van der Waals surface area contributed by atoms with Gasteiger partial charge in [-0.3, -0.25) is 9.36 Å². The first-order chi connectivity index (χ1) is 13.4. The minimum absolute atomic E-state index is 0.239. The molecule has 2 aromatic carbocycles. The molecule has 3 N–H and O–H groups in total. The molecule has 1 heterocycles. The number of anilines is 1. The van der Waals surface area contributed by atoms with Crippen LogP contribution in [0.5, 0.6) is 11.5 Å². The summed E-state index contributed by atoms with van der Waals surface area (Å²) in [6.07, 6.45) is 0. The van der Waals surface area contributed by atoms with E-state index in [0.717, 1.165) is 22.6 Å². The predicted molar refractivity (Wildman–Crippen MR) is 115 cm³/mol. The summed E-state index contributed by atoms with van der Waals surface area (Å²) in [6, 6.07) is 12.6. The van der Waals surface area contributed by atoms with Crippen LogP contribution in [0.3, 0.4) is 0 Å². The molecule has 0 spiro atoms. The van der Waals surface area contributed by atoms with Crippen molar-refractivity contribution in [2.45, 2.75) is 6.54 Å². The van der Waals surface area contributed by atoms with Gasteiger partial charge in [0.1, 0.15) is 22.2 Å². The Kier molecular flexibility index (Phi) is 6.23. The predicted octanol–water partition coefficient (Wildman–Crippen LogP) is 4.45. The number of methoxy groups -OCH3 is 2. The molecule has 0 unspecified atom stereocenters. The van der Waals surface area contributed by atoms with Gasteiger partial charge in [-0.25, -0.2) is 0 Å². The van der Waals surface area contributed by atoms with Crippen LogP contribution in [0.15, 0.2) is 42.5 Å². The lowest BCUT2D eigenvalue weighted by Crippen LogP contribution is -2.23. The van der Waals surface area contributed by atoms with Crippen LogP contribution >= 0.6 is 35.2 Å². The topological polar surface area (TPSA) is 78.5 Å². The maximum absolute atomic E-state index is 12.7. The van der Waals surface area contributed by atoms with Gasteiger partial charge in [-0.1, -0.05) is 35.1 Å². The largest absolute Gasteiger partial charge is 0.497 e. The SMILES string of the molecule is COc1ccc(CNC(=O)c2sc(=S)n(-c3cc(Cl)ccc3OC)c2N)cc1. The van der Waals surface area contributed by atoms with Crippen LogP contribution < -0.4 is 20.5 Å². The summed E-state index contributed by atoms with van der Waals surface area (Å²) in [5.74, 6) is 1.24. The number of carbonyl (C=O) groups excluding carboxylic acids is 1. The van der Waals surface area contributed by atoms with Gasteiger partial charge >= 0.3 is 0 Å². The third kappa shape index (κ3) is 4.14. The second-order valence-corrected chi connectivity index (χ2v) is 7.85. The van der Waals surface area contributed by atoms with Crippen molar-refractivity contribution >= 4 is 46.9 Å². The molecule has 3 aromatic rings. The zero-order valence-corrected chi connectivity index (χ0v) is 17.6. The van der Waals surface area contributed by atoms with E-state index < -0.39 is 0 Å². The van der Waals surface area contributed by atoms with E-state index in [9.17, 15) is 4.79 Å². The number of hydrogen-bond acceptors (Lipinski definition) is 6. The molecule has 0 bridgehead atoms. The van der Waals surface area contributed by atoms with Crippen molar-refractivity contribution in [3.8, 4) is 17.2 Å².